The second kappa shape index (κ2) is 5.48. The van der Waals surface area contributed by atoms with Gasteiger partial charge in [0.25, 0.3) is 5.91 Å². The van der Waals surface area contributed by atoms with Crippen molar-refractivity contribution in [2.45, 2.75) is 6.54 Å². The normalized spacial score (nSPS) is 10.1. The van der Waals surface area contributed by atoms with E-state index in [1.165, 1.54) is 4.90 Å². The van der Waals surface area contributed by atoms with E-state index in [1.54, 1.807) is 19.2 Å². The van der Waals surface area contributed by atoms with E-state index in [9.17, 15) is 4.79 Å². The molecule has 0 spiro atoms. The average Bonchev–Trinajstić information content (AvgIpc) is 2.28. The van der Waals surface area contributed by atoms with Gasteiger partial charge in [0.1, 0.15) is 0 Å². The standard InChI is InChI=1S/C11H16N2O2/c1-13(6-7-14)11(15)10-5-3-2-4-9(10)8-12/h2-5,14H,6-8,12H2,1H3. The van der Waals surface area contributed by atoms with Gasteiger partial charge in [-0.15, -0.1) is 0 Å². The first-order valence-corrected chi connectivity index (χ1v) is 4.85. The lowest BCUT2D eigenvalue weighted by molar-refractivity contribution is 0.0766. The number of likely N-dealkylation sites (N-methyl/N-ethyl adjacent to an activating group) is 1. The SMILES string of the molecule is CN(CCO)C(=O)c1ccccc1CN. The molecule has 0 aromatic heterocycles. The quantitative estimate of drug-likeness (QED) is 0.743. The van der Waals surface area contributed by atoms with Crippen LogP contribution in [-0.2, 0) is 6.54 Å². The number of aliphatic hydroxyl groups is 1. The summed E-state index contributed by atoms with van der Waals surface area (Å²) in [6, 6.07) is 7.24. The molecule has 82 valence electrons. The highest BCUT2D eigenvalue weighted by Crippen LogP contribution is 2.10. The van der Waals surface area contributed by atoms with Crippen LogP contribution in [0.5, 0.6) is 0 Å². The molecule has 4 heteroatoms. The van der Waals surface area contributed by atoms with Gasteiger partial charge in [-0.2, -0.15) is 0 Å². The highest BCUT2D eigenvalue weighted by molar-refractivity contribution is 5.95. The van der Waals surface area contributed by atoms with Gasteiger partial charge in [0.05, 0.1) is 6.61 Å². The minimum absolute atomic E-state index is 0.0347. The summed E-state index contributed by atoms with van der Waals surface area (Å²) in [5, 5.41) is 8.74. The Bertz CT molecular complexity index is 339. The molecule has 0 aliphatic heterocycles. The maximum atomic E-state index is 11.9. The lowest BCUT2D eigenvalue weighted by atomic mass is 10.1. The molecule has 3 N–H and O–H groups in total. The fraction of sp³-hybridized carbons (Fsp3) is 0.364. The lowest BCUT2D eigenvalue weighted by Crippen LogP contribution is -2.30. The van der Waals surface area contributed by atoms with E-state index < -0.39 is 0 Å². The van der Waals surface area contributed by atoms with Crippen molar-refractivity contribution >= 4 is 5.91 Å². The third-order valence-electron chi connectivity index (χ3n) is 2.25. The summed E-state index contributed by atoms with van der Waals surface area (Å²) in [6.07, 6.45) is 0. The Morgan fingerprint density at radius 1 is 1.47 bits per heavy atom. The van der Waals surface area contributed by atoms with Crippen molar-refractivity contribution in [3.63, 3.8) is 0 Å². The number of benzene rings is 1. The minimum atomic E-state index is -0.106. The number of carbonyl (C=O) groups excluding carboxylic acids is 1. The average molecular weight is 208 g/mol. The summed E-state index contributed by atoms with van der Waals surface area (Å²) >= 11 is 0. The highest BCUT2D eigenvalue weighted by atomic mass is 16.3. The Morgan fingerprint density at radius 3 is 2.73 bits per heavy atom. The molecule has 15 heavy (non-hydrogen) atoms. The van der Waals surface area contributed by atoms with Crippen LogP contribution in [0.25, 0.3) is 0 Å². The predicted octanol–water partition coefficient (Wildman–Crippen LogP) is 0.210. The molecular weight excluding hydrogens is 192 g/mol. The van der Waals surface area contributed by atoms with Crippen LogP contribution in [-0.4, -0.2) is 36.1 Å². The van der Waals surface area contributed by atoms with E-state index in [2.05, 4.69) is 0 Å². The van der Waals surface area contributed by atoms with Gasteiger partial charge in [-0.25, -0.2) is 0 Å². The van der Waals surface area contributed by atoms with Crippen molar-refractivity contribution in [3.05, 3.63) is 35.4 Å². The van der Waals surface area contributed by atoms with Crippen molar-refractivity contribution < 1.29 is 9.90 Å². The van der Waals surface area contributed by atoms with Gasteiger partial charge in [0, 0.05) is 25.7 Å². The first-order valence-electron chi connectivity index (χ1n) is 4.85. The molecule has 0 radical (unpaired) electrons. The van der Waals surface area contributed by atoms with E-state index in [0.29, 0.717) is 18.7 Å². The molecule has 1 aromatic rings. The van der Waals surface area contributed by atoms with Gasteiger partial charge in [-0.1, -0.05) is 18.2 Å². The van der Waals surface area contributed by atoms with Gasteiger partial charge in [-0.05, 0) is 11.6 Å². The lowest BCUT2D eigenvalue weighted by Gasteiger charge is -2.17. The molecule has 1 amide bonds. The fourth-order valence-corrected chi connectivity index (χ4v) is 1.36. The van der Waals surface area contributed by atoms with E-state index in [4.69, 9.17) is 10.8 Å². The van der Waals surface area contributed by atoms with Crippen LogP contribution in [0.2, 0.25) is 0 Å². The largest absolute Gasteiger partial charge is 0.395 e. The summed E-state index contributed by atoms with van der Waals surface area (Å²) < 4.78 is 0. The van der Waals surface area contributed by atoms with E-state index in [-0.39, 0.29) is 12.5 Å². The number of amides is 1. The van der Waals surface area contributed by atoms with Gasteiger partial charge in [0.15, 0.2) is 0 Å². The Labute approximate surface area is 89.3 Å². The molecule has 0 unspecified atom stereocenters. The second-order valence-electron chi connectivity index (χ2n) is 3.31. The molecule has 0 bridgehead atoms. The minimum Gasteiger partial charge on any atom is -0.395 e. The van der Waals surface area contributed by atoms with E-state index >= 15 is 0 Å². The van der Waals surface area contributed by atoms with Crippen LogP contribution in [0.15, 0.2) is 24.3 Å². The third kappa shape index (κ3) is 2.78. The third-order valence-corrected chi connectivity index (χ3v) is 2.25. The number of hydrogen-bond donors (Lipinski definition) is 2. The van der Waals surface area contributed by atoms with E-state index in [0.717, 1.165) is 5.56 Å². The van der Waals surface area contributed by atoms with Crippen LogP contribution < -0.4 is 5.73 Å². The number of rotatable bonds is 4. The summed E-state index contributed by atoms with van der Waals surface area (Å²) in [7, 11) is 1.66. The Balaban J connectivity index is 2.90. The van der Waals surface area contributed by atoms with Crippen LogP contribution in [0.1, 0.15) is 15.9 Å². The molecular formula is C11H16N2O2. The monoisotopic (exact) mass is 208 g/mol. The zero-order valence-electron chi connectivity index (χ0n) is 8.81. The van der Waals surface area contributed by atoms with Crippen molar-refractivity contribution in [1.82, 2.24) is 4.90 Å². The zero-order chi connectivity index (χ0) is 11.3. The fourth-order valence-electron chi connectivity index (χ4n) is 1.36. The summed E-state index contributed by atoms with van der Waals surface area (Å²) in [5.74, 6) is -0.106. The summed E-state index contributed by atoms with van der Waals surface area (Å²) in [4.78, 5) is 13.4. The molecule has 0 aliphatic carbocycles. The van der Waals surface area contributed by atoms with Gasteiger partial charge < -0.3 is 15.7 Å². The Hall–Kier alpha value is -1.39. The molecule has 0 saturated carbocycles. The predicted molar refractivity (Wildman–Crippen MR) is 58.4 cm³/mol. The van der Waals surface area contributed by atoms with Crippen molar-refractivity contribution in [1.29, 1.82) is 0 Å². The van der Waals surface area contributed by atoms with Gasteiger partial charge >= 0.3 is 0 Å². The van der Waals surface area contributed by atoms with Crippen molar-refractivity contribution in [2.75, 3.05) is 20.2 Å². The Kier molecular flexibility index (Phi) is 4.27. The maximum Gasteiger partial charge on any atom is 0.254 e. The van der Waals surface area contributed by atoms with Gasteiger partial charge in [-0.3, -0.25) is 4.79 Å². The smallest absolute Gasteiger partial charge is 0.254 e. The van der Waals surface area contributed by atoms with Crippen LogP contribution in [0, 0.1) is 0 Å². The van der Waals surface area contributed by atoms with Crippen molar-refractivity contribution in [2.24, 2.45) is 5.73 Å². The number of hydrogen-bond acceptors (Lipinski definition) is 3. The number of nitrogens with zero attached hydrogens (tertiary/aromatic N) is 1. The van der Waals surface area contributed by atoms with Gasteiger partial charge in [0.2, 0.25) is 0 Å². The maximum absolute atomic E-state index is 11.9. The molecule has 0 heterocycles. The van der Waals surface area contributed by atoms with Crippen molar-refractivity contribution in [3.8, 4) is 0 Å². The molecule has 4 nitrogen and oxygen atoms in total. The van der Waals surface area contributed by atoms with Crippen LogP contribution >= 0.6 is 0 Å². The first-order chi connectivity index (χ1) is 7.20. The number of nitrogens with two attached hydrogens (primary N) is 1. The summed E-state index contributed by atoms with van der Waals surface area (Å²) in [5.41, 5.74) is 6.98. The van der Waals surface area contributed by atoms with Crippen LogP contribution in [0.4, 0.5) is 0 Å². The molecule has 1 rings (SSSR count). The number of aliphatic hydroxyl groups excluding tert-OH is 1. The zero-order valence-corrected chi connectivity index (χ0v) is 8.81. The number of carbonyl (C=O) groups is 1. The molecule has 0 saturated heterocycles. The topological polar surface area (TPSA) is 66.6 Å². The van der Waals surface area contributed by atoms with Crippen LogP contribution in [0.3, 0.4) is 0 Å². The Morgan fingerprint density at radius 2 is 2.13 bits per heavy atom. The molecule has 0 aliphatic rings. The highest BCUT2D eigenvalue weighted by Gasteiger charge is 2.13. The molecule has 1 aromatic carbocycles. The molecule has 0 fully saturated rings. The van der Waals surface area contributed by atoms with E-state index in [1.807, 2.05) is 12.1 Å². The molecule has 0 atom stereocenters. The summed E-state index contributed by atoms with van der Waals surface area (Å²) in [6.45, 7) is 0.639. The second-order valence-corrected chi connectivity index (χ2v) is 3.31. The first kappa shape index (κ1) is 11.7.